The Bertz CT molecular complexity index is 821. The fraction of sp³-hybridized carbons (Fsp3) is 0.500. The normalized spacial score (nSPS) is 16.8. The Kier molecular flexibility index (Phi) is 4.76. The van der Waals surface area contributed by atoms with E-state index in [4.69, 9.17) is 4.74 Å². The summed E-state index contributed by atoms with van der Waals surface area (Å²) in [6.45, 7) is 6.02. The van der Waals surface area contributed by atoms with Crippen molar-refractivity contribution in [2.75, 3.05) is 20.2 Å². The van der Waals surface area contributed by atoms with Gasteiger partial charge < -0.3 is 14.6 Å². The van der Waals surface area contributed by atoms with Crippen molar-refractivity contribution in [2.45, 2.75) is 32.7 Å². The Morgan fingerprint density at radius 2 is 2.08 bits per heavy atom. The molecular weight excluding hydrogens is 322 g/mol. The van der Waals surface area contributed by atoms with E-state index in [1.807, 2.05) is 6.92 Å². The topological polar surface area (TPSA) is 86.4 Å². The van der Waals surface area contributed by atoms with Gasteiger partial charge in [0.1, 0.15) is 0 Å². The summed E-state index contributed by atoms with van der Waals surface area (Å²) in [5.74, 6) is 0.0375. The Balaban J connectivity index is 2.19. The van der Waals surface area contributed by atoms with Gasteiger partial charge in [0.25, 0.3) is 5.69 Å². The molecule has 0 saturated carbocycles. The van der Waals surface area contributed by atoms with Crippen LogP contribution >= 0.6 is 0 Å². The fourth-order valence-electron chi connectivity index (χ4n) is 3.97. The number of rotatable bonds is 4. The van der Waals surface area contributed by atoms with Gasteiger partial charge in [-0.1, -0.05) is 0 Å². The van der Waals surface area contributed by atoms with Crippen LogP contribution in [0.15, 0.2) is 18.2 Å². The average molecular weight is 345 g/mol. The van der Waals surface area contributed by atoms with Gasteiger partial charge >= 0.3 is 5.97 Å². The van der Waals surface area contributed by atoms with E-state index in [9.17, 15) is 14.9 Å². The minimum absolute atomic E-state index is 0.0238. The van der Waals surface area contributed by atoms with Gasteiger partial charge in [0.05, 0.1) is 17.6 Å². The predicted octanol–water partition coefficient (Wildman–Crippen LogP) is 3.21. The number of aromatic nitrogens is 1. The van der Waals surface area contributed by atoms with E-state index < -0.39 is 10.9 Å². The standard InChI is InChI=1S/C18H23N3O4/c1-11(13-6-8-19-9-7-13)20-12(2)17(18(22)25-3)15-10-14(21(23)24)4-5-16(15)20/h4-5,10-11,13,19H,6-9H2,1-3H3/t11-/m1/s1. The van der Waals surface area contributed by atoms with Gasteiger partial charge in [-0.2, -0.15) is 0 Å². The highest BCUT2D eigenvalue weighted by Crippen LogP contribution is 2.36. The summed E-state index contributed by atoms with van der Waals surface area (Å²) in [5, 5.41) is 15.1. The molecule has 0 aliphatic carbocycles. The molecule has 25 heavy (non-hydrogen) atoms. The van der Waals surface area contributed by atoms with E-state index in [0.717, 1.165) is 37.1 Å². The summed E-state index contributed by atoms with van der Waals surface area (Å²) in [5.41, 5.74) is 2.04. The zero-order valence-electron chi connectivity index (χ0n) is 14.7. The van der Waals surface area contributed by atoms with Crippen molar-refractivity contribution in [3.05, 3.63) is 39.6 Å². The molecule has 1 aliphatic heterocycles. The van der Waals surface area contributed by atoms with Crippen molar-refractivity contribution in [1.82, 2.24) is 9.88 Å². The second-order valence-electron chi connectivity index (χ2n) is 6.61. The van der Waals surface area contributed by atoms with Crippen LogP contribution in [-0.2, 0) is 4.74 Å². The van der Waals surface area contributed by atoms with Gasteiger partial charge in [-0.25, -0.2) is 4.79 Å². The second kappa shape index (κ2) is 6.84. The largest absolute Gasteiger partial charge is 0.465 e. The summed E-state index contributed by atoms with van der Waals surface area (Å²) in [4.78, 5) is 23.0. The lowest BCUT2D eigenvalue weighted by molar-refractivity contribution is -0.384. The number of hydrogen-bond donors (Lipinski definition) is 1. The number of nitrogens with one attached hydrogen (secondary N) is 1. The smallest absolute Gasteiger partial charge is 0.340 e. The number of piperidine rings is 1. The molecule has 1 aromatic carbocycles. The van der Waals surface area contributed by atoms with Crippen LogP contribution in [0.5, 0.6) is 0 Å². The number of non-ortho nitro benzene ring substituents is 1. The minimum atomic E-state index is -0.459. The van der Waals surface area contributed by atoms with Crippen molar-refractivity contribution in [3.8, 4) is 0 Å². The molecule has 1 atom stereocenters. The quantitative estimate of drug-likeness (QED) is 0.522. The molecule has 1 aliphatic rings. The highest BCUT2D eigenvalue weighted by atomic mass is 16.6. The Hall–Kier alpha value is -2.41. The van der Waals surface area contributed by atoms with Crippen LogP contribution in [0, 0.1) is 23.0 Å². The Morgan fingerprint density at radius 3 is 2.68 bits per heavy atom. The zero-order chi connectivity index (χ0) is 18.1. The van der Waals surface area contributed by atoms with Crippen molar-refractivity contribution in [3.63, 3.8) is 0 Å². The maximum absolute atomic E-state index is 12.3. The van der Waals surface area contributed by atoms with E-state index in [1.54, 1.807) is 6.07 Å². The summed E-state index contributed by atoms with van der Waals surface area (Å²) in [6, 6.07) is 4.91. The number of hydrogen-bond acceptors (Lipinski definition) is 5. The molecule has 2 aromatic rings. The molecule has 1 fully saturated rings. The summed E-state index contributed by atoms with van der Waals surface area (Å²) in [6.07, 6.45) is 2.14. The molecular formula is C18H23N3O4. The van der Waals surface area contributed by atoms with Crippen LogP contribution in [0.2, 0.25) is 0 Å². The van der Waals surface area contributed by atoms with Crippen molar-refractivity contribution < 1.29 is 14.5 Å². The number of nitro benzene ring substituents is 1. The van der Waals surface area contributed by atoms with Crippen LogP contribution in [-0.4, -0.2) is 35.7 Å². The van der Waals surface area contributed by atoms with Crippen molar-refractivity contribution in [2.24, 2.45) is 5.92 Å². The second-order valence-corrected chi connectivity index (χ2v) is 6.61. The molecule has 1 N–H and O–H groups in total. The molecule has 1 saturated heterocycles. The molecule has 0 bridgehead atoms. The number of benzene rings is 1. The van der Waals surface area contributed by atoms with Crippen molar-refractivity contribution in [1.29, 1.82) is 0 Å². The predicted molar refractivity (Wildman–Crippen MR) is 95.0 cm³/mol. The number of nitrogens with zero attached hydrogens (tertiary/aromatic N) is 2. The molecule has 0 unspecified atom stereocenters. The van der Waals surface area contributed by atoms with E-state index in [1.165, 1.54) is 19.2 Å². The van der Waals surface area contributed by atoms with Gasteiger partial charge in [-0.05, 0) is 51.8 Å². The molecule has 134 valence electrons. The first-order chi connectivity index (χ1) is 12.0. The third-order valence-electron chi connectivity index (χ3n) is 5.31. The lowest BCUT2D eigenvalue weighted by Crippen LogP contribution is -2.32. The van der Waals surface area contributed by atoms with Crippen LogP contribution < -0.4 is 5.32 Å². The molecule has 7 nitrogen and oxygen atoms in total. The Morgan fingerprint density at radius 1 is 1.40 bits per heavy atom. The Labute approximate surface area is 146 Å². The highest BCUT2D eigenvalue weighted by molar-refractivity contribution is 6.06. The number of carbonyl (C=O) groups is 1. The van der Waals surface area contributed by atoms with Gasteiger partial charge in [-0.3, -0.25) is 10.1 Å². The van der Waals surface area contributed by atoms with Crippen LogP contribution in [0.4, 0.5) is 5.69 Å². The molecule has 1 aromatic heterocycles. The number of methoxy groups -OCH3 is 1. The first kappa shape index (κ1) is 17.4. The number of esters is 1. The van der Waals surface area contributed by atoms with E-state index >= 15 is 0 Å². The lowest BCUT2D eigenvalue weighted by Gasteiger charge is -2.30. The van der Waals surface area contributed by atoms with Gasteiger partial charge in [-0.15, -0.1) is 0 Å². The SMILES string of the molecule is COC(=O)c1c(C)n([C@H](C)C2CCNCC2)c2ccc([N+](=O)[O-])cc12. The number of ether oxygens (including phenoxy) is 1. The van der Waals surface area contributed by atoms with Gasteiger partial charge in [0.15, 0.2) is 0 Å². The molecule has 0 amide bonds. The van der Waals surface area contributed by atoms with E-state index in [2.05, 4.69) is 16.8 Å². The lowest BCUT2D eigenvalue weighted by atomic mass is 9.91. The average Bonchev–Trinajstić information content (AvgIpc) is 2.92. The maximum atomic E-state index is 12.3. The summed E-state index contributed by atoms with van der Waals surface area (Å²) >= 11 is 0. The van der Waals surface area contributed by atoms with E-state index in [0.29, 0.717) is 16.9 Å². The minimum Gasteiger partial charge on any atom is -0.465 e. The summed E-state index contributed by atoms with van der Waals surface area (Å²) in [7, 11) is 1.33. The number of nitro groups is 1. The van der Waals surface area contributed by atoms with Crippen LogP contribution in [0.1, 0.15) is 41.9 Å². The van der Waals surface area contributed by atoms with Crippen molar-refractivity contribution >= 4 is 22.6 Å². The number of fused-ring (bicyclic) bond motifs is 1. The first-order valence-electron chi connectivity index (χ1n) is 8.53. The third-order valence-corrected chi connectivity index (χ3v) is 5.31. The fourth-order valence-corrected chi connectivity index (χ4v) is 3.97. The molecule has 3 rings (SSSR count). The maximum Gasteiger partial charge on any atom is 0.340 e. The third kappa shape index (κ3) is 3.00. The van der Waals surface area contributed by atoms with Gasteiger partial charge in [0.2, 0.25) is 0 Å². The molecule has 0 spiro atoms. The van der Waals surface area contributed by atoms with Crippen LogP contribution in [0.3, 0.4) is 0 Å². The van der Waals surface area contributed by atoms with Crippen LogP contribution in [0.25, 0.3) is 10.9 Å². The first-order valence-corrected chi connectivity index (χ1v) is 8.53. The molecule has 2 heterocycles. The molecule has 7 heteroatoms. The number of carbonyl (C=O) groups excluding carboxylic acids is 1. The van der Waals surface area contributed by atoms with Gasteiger partial charge in [0, 0.05) is 34.8 Å². The van der Waals surface area contributed by atoms with E-state index in [-0.39, 0.29) is 11.7 Å². The summed E-state index contributed by atoms with van der Waals surface area (Å²) < 4.78 is 7.07. The highest BCUT2D eigenvalue weighted by Gasteiger charge is 2.28. The zero-order valence-corrected chi connectivity index (χ0v) is 14.7. The monoisotopic (exact) mass is 345 g/mol. The molecule has 0 radical (unpaired) electrons.